The number of rotatable bonds is 4. The molecule has 1 aromatic carbocycles. The monoisotopic (exact) mass is 296 g/mol. The molecular weight excluding hydrogens is 272 g/mol. The molecule has 0 aliphatic heterocycles. The van der Waals surface area contributed by atoms with Crippen molar-refractivity contribution in [3.05, 3.63) is 23.8 Å². The van der Waals surface area contributed by atoms with Crippen LogP contribution in [0.25, 0.3) is 0 Å². The molecule has 5 nitrogen and oxygen atoms in total. The fraction of sp³-hybridized carbons (Fsp3) is 0.562. The van der Waals surface area contributed by atoms with E-state index in [1.807, 2.05) is 0 Å². The SMILES string of the molecule is COc1cc(C(C)(O)C(C)C(=O)OC(C)(C)C)ccc1O. The molecule has 2 unspecified atom stereocenters. The Kier molecular flexibility index (Phi) is 4.89. The normalized spacial score (nSPS) is 16.0. The summed E-state index contributed by atoms with van der Waals surface area (Å²) in [7, 11) is 1.42. The molecule has 0 spiro atoms. The van der Waals surface area contributed by atoms with Crippen LogP contribution in [0.2, 0.25) is 0 Å². The standard InChI is InChI=1S/C16H24O5/c1-10(14(18)21-15(2,3)4)16(5,19)11-7-8-12(17)13(9-11)20-6/h7-10,17,19H,1-6H3. The molecule has 1 aromatic rings. The molecule has 0 saturated heterocycles. The van der Waals surface area contributed by atoms with Gasteiger partial charge < -0.3 is 19.7 Å². The Balaban J connectivity index is 3.06. The highest BCUT2D eigenvalue weighted by molar-refractivity contribution is 5.74. The third kappa shape index (κ3) is 4.11. The highest BCUT2D eigenvalue weighted by Crippen LogP contribution is 2.36. The van der Waals surface area contributed by atoms with Crippen LogP contribution in [0.15, 0.2) is 18.2 Å². The first-order chi connectivity index (χ1) is 9.49. The Morgan fingerprint density at radius 3 is 2.29 bits per heavy atom. The second kappa shape index (κ2) is 5.93. The van der Waals surface area contributed by atoms with Gasteiger partial charge in [-0.25, -0.2) is 0 Å². The molecule has 0 aliphatic rings. The number of carbonyl (C=O) groups excluding carboxylic acids is 1. The van der Waals surface area contributed by atoms with E-state index >= 15 is 0 Å². The molecule has 0 amide bonds. The zero-order chi connectivity index (χ0) is 16.4. The topological polar surface area (TPSA) is 76.0 Å². The van der Waals surface area contributed by atoms with Crippen molar-refractivity contribution in [1.82, 2.24) is 0 Å². The van der Waals surface area contributed by atoms with Gasteiger partial charge in [-0.15, -0.1) is 0 Å². The first-order valence-corrected chi connectivity index (χ1v) is 6.81. The lowest BCUT2D eigenvalue weighted by molar-refractivity contribution is -0.168. The molecule has 2 N–H and O–H groups in total. The van der Waals surface area contributed by atoms with E-state index in [0.717, 1.165) is 0 Å². The number of hydrogen-bond donors (Lipinski definition) is 2. The summed E-state index contributed by atoms with van der Waals surface area (Å²) in [6.07, 6.45) is 0. The van der Waals surface area contributed by atoms with Crippen molar-refractivity contribution in [3.63, 3.8) is 0 Å². The van der Waals surface area contributed by atoms with Crippen molar-refractivity contribution in [3.8, 4) is 11.5 Å². The number of phenols is 1. The summed E-state index contributed by atoms with van der Waals surface area (Å²) in [4.78, 5) is 12.1. The Bertz CT molecular complexity index is 514. The number of esters is 1. The van der Waals surface area contributed by atoms with Gasteiger partial charge in [0.1, 0.15) is 5.60 Å². The van der Waals surface area contributed by atoms with Crippen molar-refractivity contribution >= 4 is 5.97 Å². The lowest BCUT2D eigenvalue weighted by Crippen LogP contribution is -2.39. The third-order valence-corrected chi connectivity index (χ3v) is 3.37. The van der Waals surface area contributed by atoms with Gasteiger partial charge in [-0.2, -0.15) is 0 Å². The summed E-state index contributed by atoms with van der Waals surface area (Å²) in [5, 5.41) is 20.3. The number of benzene rings is 1. The minimum Gasteiger partial charge on any atom is -0.504 e. The lowest BCUT2D eigenvalue weighted by atomic mass is 9.83. The van der Waals surface area contributed by atoms with Crippen molar-refractivity contribution in [2.75, 3.05) is 7.11 Å². The van der Waals surface area contributed by atoms with E-state index in [1.54, 1.807) is 33.8 Å². The molecule has 0 radical (unpaired) electrons. The number of phenolic OH excluding ortho intramolecular Hbond substituents is 1. The van der Waals surface area contributed by atoms with Crippen LogP contribution < -0.4 is 4.74 Å². The molecule has 0 aromatic heterocycles. The summed E-state index contributed by atoms with van der Waals surface area (Å²) >= 11 is 0. The van der Waals surface area contributed by atoms with E-state index in [0.29, 0.717) is 5.56 Å². The first-order valence-electron chi connectivity index (χ1n) is 6.81. The molecule has 0 bridgehead atoms. The van der Waals surface area contributed by atoms with Gasteiger partial charge in [-0.05, 0) is 52.3 Å². The average molecular weight is 296 g/mol. The predicted octanol–water partition coefficient (Wildman–Crippen LogP) is 2.59. The molecule has 5 heteroatoms. The van der Waals surface area contributed by atoms with E-state index in [-0.39, 0.29) is 11.5 Å². The van der Waals surface area contributed by atoms with Gasteiger partial charge in [0.15, 0.2) is 11.5 Å². The van der Waals surface area contributed by atoms with Crippen LogP contribution in [0, 0.1) is 5.92 Å². The van der Waals surface area contributed by atoms with Gasteiger partial charge in [-0.3, -0.25) is 4.79 Å². The van der Waals surface area contributed by atoms with Gasteiger partial charge in [-0.1, -0.05) is 6.07 Å². The van der Waals surface area contributed by atoms with Gasteiger partial charge in [0.25, 0.3) is 0 Å². The van der Waals surface area contributed by atoms with Gasteiger partial charge in [0.05, 0.1) is 18.6 Å². The fourth-order valence-electron chi connectivity index (χ4n) is 1.86. The zero-order valence-corrected chi connectivity index (χ0v) is 13.4. The molecule has 0 aliphatic carbocycles. The number of carbonyl (C=O) groups is 1. The van der Waals surface area contributed by atoms with Gasteiger partial charge >= 0.3 is 5.97 Å². The second-order valence-electron chi connectivity index (χ2n) is 6.29. The van der Waals surface area contributed by atoms with Gasteiger partial charge in [0, 0.05) is 0 Å². The predicted molar refractivity (Wildman–Crippen MR) is 79.2 cm³/mol. The summed E-state index contributed by atoms with van der Waals surface area (Å²) < 4.78 is 10.3. The highest BCUT2D eigenvalue weighted by Gasteiger charge is 2.38. The summed E-state index contributed by atoms with van der Waals surface area (Å²) in [6.45, 7) is 8.46. The van der Waals surface area contributed by atoms with Crippen molar-refractivity contribution < 1.29 is 24.5 Å². The number of methoxy groups -OCH3 is 1. The Labute approximate surface area is 125 Å². The zero-order valence-electron chi connectivity index (χ0n) is 13.4. The number of aliphatic hydroxyl groups is 1. The maximum Gasteiger partial charge on any atom is 0.312 e. The molecule has 0 heterocycles. The van der Waals surface area contributed by atoms with Crippen LogP contribution in [0.5, 0.6) is 11.5 Å². The molecule has 118 valence electrons. The van der Waals surface area contributed by atoms with Crippen LogP contribution in [0.3, 0.4) is 0 Å². The average Bonchev–Trinajstić information content (AvgIpc) is 2.36. The van der Waals surface area contributed by atoms with Crippen LogP contribution in [0.1, 0.15) is 40.2 Å². The fourth-order valence-corrected chi connectivity index (χ4v) is 1.86. The number of hydrogen-bond acceptors (Lipinski definition) is 5. The summed E-state index contributed by atoms with van der Waals surface area (Å²) in [6, 6.07) is 4.49. The van der Waals surface area contributed by atoms with Crippen molar-refractivity contribution in [2.24, 2.45) is 5.92 Å². The van der Waals surface area contributed by atoms with Crippen LogP contribution >= 0.6 is 0 Å². The Morgan fingerprint density at radius 1 is 1.24 bits per heavy atom. The van der Waals surface area contributed by atoms with E-state index in [1.165, 1.54) is 26.2 Å². The largest absolute Gasteiger partial charge is 0.504 e. The van der Waals surface area contributed by atoms with Gasteiger partial charge in [0.2, 0.25) is 0 Å². The molecule has 0 fully saturated rings. The third-order valence-electron chi connectivity index (χ3n) is 3.37. The molecule has 21 heavy (non-hydrogen) atoms. The highest BCUT2D eigenvalue weighted by atomic mass is 16.6. The minimum atomic E-state index is -1.44. The minimum absolute atomic E-state index is 0.0260. The second-order valence-corrected chi connectivity index (χ2v) is 6.29. The summed E-state index contributed by atoms with van der Waals surface area (Å²) in [5.41, 5.74) is -1.59. The lowest BCUT2D eigenvalue weighted by Gasteiger charge is -2.32. The maximum atomic E-state index is 12.1. The summed E-state index contributed by atoms with van der Waals surface area (Å²) in [5.74, 6) is -1.04. The van der Waals surface area contributed by atoms with Crippen molar-refractivity contribution in [1.29, 1.82) is 0 Å². The van der Waals surface area contributed by atoms with Crippen LogP contribution in [-0.2, 0) is 15.1 Å². The van der Waals surface area contributed by atoms with E-state index in [9.17, 15) is 15.0 Å². The Hall–Kier alpha value is -1.75. The quantitative estimate of drug-likeness (QED) is 0.835. The van der Waals surface area contributed by atoms with Crippen molar-refractivity contribution in [2.45, 2.75) is 45.8 Å². The van der Waals surface area contributed by atoms with Crippen LogP contribution in [-0.4, -0.2) is 28.9 Å². The number of aromatic hydroxyl groups is 1. The maximum absolute atomic E-state index is 12.1. The van der Waals surface area contributed by atoms with E-state index in [4.69, 9.17) is 9.47 Å². The van der Waals surface area contributed by atoms with E-state index in [2.05, 4.69) is 0 Å². The molecular formula is C16H24O5. The number of ether oxygens (including phenoxy) is 2. The van der Waals surface area contributed by atoms with Crippen LogP contribution in [0.4, 0.5) is 0 Å². The van der Waals surface area contributed by atoms with E-state index < -0.39 is 23.1 Å². The smallest absolute Gasteiger partial charge is 0.312 e. The molecule has 0 saturated carbocycles. The molecule has 2 atom stereocenters. The first kappa shape index (κ1) is 17.3. The Morgan fingerprint density at radius 2 is 1.81 bits per heavy atom. The molecule has 1 rings (SSSR count).